The molecule has 0 spiro atoms. The van der Waals surface area contributed by atoms with E-state index in [4.69, 9.17) is 0 Å². The summed E-state index contributed by atoms with van der Waals surface area (Å²) in [6, 6.07) is 7.27. The number of aromatic amines is 1. The van der Waals surface area contributed by atoms with Gasteiger partial charge in [-0.1, -0.05) is 19.1 Å². The van der Waals surface area contributed by atoms with Gasteiger partial charge in [-0.3, -0.25) is 14.3 Å². The van der Waals surface area contributed by atoms with Gasteiger partial charge in [0.15, 0.2) is 0 Å². The molecule has 2 N–H and O–H groups in total. The first-order valence-corrected chi connectivity index (χ1v) is 6.87. The van der Waals surface area contributed by atoms with Crippen molar-refractivity contribution in [3.63, 3.8) is 0 Å². The Morgan fingerprint density at radius 3 is 2.71 bits per heavy atom. The molecule has 6 heteroatoms. The fraction of sp³-hybridized carbons (Fsp3) is 0.333. The molecule has 21 heavy (non-hydrogen) atoms. The molecule has 0 aliphatic rings. The van der Waals surface area contributed by atoms with Crippen LogP contribution >= 0.6 is 0 Å². The van der Waals surface area contributed by atoms with Crippen molar-refractivity contribution in [2.45, 2.75) is 32.9 Å². The molecule has 0 fully saturated rings. The lowest BCUT2D eigenvalue weighted by molar-refractivity contribution is 0.614. The lowest BCUT2D eigenvalue weighted by Crippen LogP contribution is -2.35. The van der Waals surface area contributed by atoms with Crippen LogP contribution in [-0.2, 0) is 6.54 Å². The lowest BCUT2D eigenvalue weighted by atomic mass is 10.1. The number of nitrogens with one attached hydrogen (secondary N) is 2. The van der Waals surface area contributed by atoms with Gasteiger partial charge in [0.25, 0.3) is 5.56 Å². The van der Waals surface area contributed by atoms with E-state index in [1.54, 1.807) is 12.1 Å². The van der Waals surface area contributed by atoms with Crippen molar-refractivity contribution < 1.29 is 4.39 Å². The highest BCUT2D eigenvalue weighted by Gasteiger charge is 2.09. The number of nitrogens with zero attached hydrogens (tertiary/aromatic N) is 1. The summed E-state index contributed by atoms with van der Waals surface area (Å²) in [4.78, 5) is 26.3. The predicted molar refractivity (Wildman–Crippen MR) is 80.1 cm³/mol. The smallest absolute Gasteiger partial charge is 0.329 e. The third-order valence-corrected chi connectivity index (χ3v) is 3.19. The van der Waals surface area contributed by atoms with Gasteiger partial charge in [0.1, 0.15) is 11.6 Å². The molecule has 2 aromatic rings. The Morgan fingerprint density at radius 1 is 1.33 bits per heavy atom. The van der Waals surface area contributed by atoms with Gasteiger partial charge in [0.05, 0.1) is 0 Å². The van der Waals surface area contributed by atoms with Crippen LogP contribution in [0.5, 0.6) is 0 Å². The van der Waals surface area contributed by atoms with Crippen molar-refractivity contribution in [1.82, 2.24) is 9.55 Å². The average Bonchev–Trinajstić information content (AvgIpc) is 2.43. The second-order valence-electron chi connectivity index (χ2n) is 4.90. The highest BCUT2D eigenvalue weighted by atomic mass is 19.1. The molecule has 1 heterocycles. The van der Waals surface area contributed by atoms with Gasteiger partial charge in [0.2, 0.25) is 0 Å². The van der Waals surface area contributed by atoms with Crippen molar-refractivity contribution >= 4 is 5.82 Å². The third-order valence-electron chi connectivity index (χ3n) is 3.19. The summed E-state index contributed by atoms with van der Waals surface area (Å²) in [5.74, 6) is 0.00196. The van der Waals surface area contributed by atoms with Crippen molar-refractivity contribution in [1.29, 1.82) is 0 Å². The van der Waals surface area contributed by atoms with Crippen LogP contribution in [0.2, 0.25) is 0 Å². The van der Waals surface area contributed by atoms with Crippen LogP contribution < -0.4 is 16.6 Å². The van der Waals surface area contributed by atoms with Crippen LogP contribution in [0.3, 0.4) is 0 Å². The minimum absolute atomic E-state index is 0.238. The first-order valence-electron chi connectivity index (χ1n) is 6.87. The second kappa shape index (κ2) is 6.39. The van der Waals surface area contributed by atoms with Gasteiger partial charge in [-0.05, 0) is 31.0 Å². The van der Waals surface area contributed by atoms with Crippen LogP contribution in [0, 0.1) is 5.82 Å². The molecule has 0 radical (unpaired) electrons. The number of anilines is 1. The van der Waals surface area contributed by atoms with Crippen LogP contribution in [0.25, 0.3) is 0 Å². The molecule has 112 valence electrons. The minimum atomic E-state index is -0.446. The van der Waals surface area contributed by atoms with Crippen molar-refractivity contribution in [3.05, 3.63) is 62.6 Å². The quantitative estimate of drug-likeness (QED) is 0.888. The second-order valence-corrected chi connectivity index (χ2v) is 4.90. The zero-order chi connectivity index (χ0) is 15.4. The number of benzene rings is 1. The van der Waals surface area contributed by atoms with Gasteiger partial charge >= 0.3 is 5.69 Å². The maximum absolute atomic E-state index is 13.2. The molecule has 2 rings (SSSR count). The summed E-state index contributed by atoms with van der Waals surface area (Å²) in [6.45, 7) is 4.10. The van der Waals surface area contributed by atoms with Gasteiger partial charge in [-0.15, -0.1) is 0 Å². The Bertz CT molecular complexity index is 705. The van der Waals surface area contributed by atoms with Crippen LogP contribution in [0.1, 0.15) is 31.9 Å². The number of aromatic nitrogens is 2. The monoisotopic (exact) mass is 291 g/mol. The summed E-state index contributed by atoms with van der Waals surface area (Å²) < 4.78 is 14.3. The maximum Gasteiger partial charge on any atom is 0.329 e. The summed E-state index contributed by atoms with van der Waals surface area (Å²) in [5.41, 5.74) is -0.0681. The molecular formula is C15H18FN3O2. The van der Waals surface area contributed by atoms with Crippen LogP contribution in [0.15, 0.2) is 39.9 Å². The topological polar surface area (TPSA) is 66.9 Å². The van der Waals surface area contributed by atoms with Gasteiger partial charge in [-0.2, -0.15) is 0 Å². The van der Waals surface area contributed by atoms with Crippen molar-refractivity contribution in [2.75, 3.05) is 5.32 Å². The largest absolute Gasteiger partial charge is 0.365 e. The van der Waals surface area contributed by atoms with E-state index < -0.39 is 5.69 Å². The summed E-state index contributed by atoms with van der Waals surface area (Å²) in [6.07, 6.45) is 0.704. The maximum atomic E-state index is 13.2. The molecule has 5 nitrogen and oxygen atoms in total. The molecule has 0 aliphatic heterocycles. The number of H-pyrrole nitrogens is 1. The van der Waals surface area contributed by atoms with E-state index >= 15 is 0 Å². The standard InChI is InChI=1S/C15H18FN3O2/c1-3-7-19-14(20)9-13(18-15(19)21)17-10(2)11-5-4-6-12(16)8-11/h4-6,8-10,17H,3,7H2,1-2H3,(H,18,21)/t10-/m0/s1. The number of halogens is 1. The fourth-order valence-electron chi connectivity index (χ4n) is 2.13. The van der Waals surface area contributed by atoms with Gasteiger partial charge in [-0.25, -0.2) is 9.18 Å². The summed E-state index contributed by atoms with van der Waals surface area (Å²) in [5, 5.41) is 3.00. The zero-order valence-electron chi connectivity index (χ0n) is 12.0. The van der Waals surface area contributed by atoms with E-state index in [0.717, 1.165) is 10.1 Å². The van der Waals surface area contributed by atoms with Gasteiger partial charge in [0, 0.05) is 18.7 Å². The Kier molecular flexibility index (Phi) is 4.57. The average molecular weight is 291 g/mol. The minimum Gasteiger partial charge on any atom is -0.365 e. The van der Waals surface area contributed by atoms with Crippen LogP contribution in [-0.4, -0.2) is 9.55 Å². The first kappa shape index (κ1) is 15.0. The first-order chi connectivity index (χ1) is 10.0. The van der Waals surface area contributed by atoms with E-state index in [9.17, 15) is 14.0 Å². The molecule has 0 saturated heterocycles. The van der Waals surface area contributed by atoms with E-state index in [1.165, 1.54) is 18.2 Å². The van der Waals surface area contributed by atoms with E-state index in [2.05, 4.69) is 10.3 Å². The highest BCUT2D eigenvalue weighted by Crippen LogP contribution is 2.17. The summed E-state index contributed by atoms with van der Waals surface area (Å²) >= 11 is 0. The van der Waals surface area contributed by atoms with Crippen LogP contribution in [0.4, 0.5) is 10.2 Å². The molecule has 0 unspecified atom stereocenters. The molecule has 1 aromatic carbocycles. The van der Waals surface area contributed by atoms with Crippen molar-refractivity contribution in [3.8, 4) is 0 Å². The highest BCUT2D eigenvalue weighted by molar-refractivity contribution is 5.36. The molecule has 0 amide bonds. The number of hydrogen-bond donors (Lipinski definition) is 2. The lowest BCUT2D eigenvalue weighted by Gasteiger charge is -2.15. The fourth-order valence-corrected chi connectivity index (χ4v) is 2.13. The predicted octanol–water partition coefficient (Wildman–Crippen LogP) is 2.26. The molecule has 0 bridgehead atoms. The molecule has 1 aromatic heterocycles. The Balaban J connectivity index is 2.24. The molecule has 0 aliphatic carbocycles. The Morgan fingerprint density at radius 2 is 2.10 bits per heavy atom. The Labute approximate surface area is 121 Å². The molecule has 0 saturated carbocycles. The normalized spacial score (nSPS) is 12.1. The SMILES string of the molecule is CCCn1c(=O)cc(N[C@@H](C)c2cccc(F)c2)[nH]c1=O. The third kappa shape index (κ3) is 3.59. The zero-order valence-corrected chi connectivity index (χ0v) is 12.0. The van der Waals surface area contributed by atoms with Crippen molar-refractivity contribution in [2.24, 2.45) is 0 Å². The molecular weight excluding hydrogens is 273 g/mol. The molecule has 1 atom stereocenters. The van der Waals surface area contributed by atoms with E-state index in [0.29, 0.717) is 18.8 Å². The summed E-state index contributed by atoms with van der Waals surface area (Å²) in [7, 11) is 0. The van der Waals surface area contributed by atoms with E-state index in [-0.39, 0.29) is 17.4 Å². The number of rotatable bonds is 5. The number of hydrogen-bond acceptors (Lipinski definition) is 3. The van der Waals surface area contributed by atoms with Gasteiger partial charge < -0.3 is 5.32 Å². The van der Waals surface area contributed by atoms with E-state index in [1.807, 2.05) is 13.8 Å². The Hall–Kier alpha value is -2.37.